The molecule has 1 aromatic carbocycles. The van der Waals surface area contributed by atoms with Gasteiger partial charge in [-0.1, -0.05) is 30.3 Å². The van der Waals surface area contributed by atoms with Crippen molar-refractivity contribution < 1.29 is 4.79 Å². The number of amides is 1. The predicted octanol–water partition coefficient (Wildman–Crippen LogP) is 4.48. The van der Waals surface area contributed by atoms with E-state index in [0.717, 1.165) is 48.1 Å². The number of halogens is 2. The standard InChI is InChI=1S/C22H27N5O.2ClH/c1-15(2)27-21-19(14-24-27)18(12-20(25-21)16-8-4-3-5-9-16)22(28)26-11-7-6-10-17(26)13-23;;/h3-5,8-9,12,14-15,17H,6-7,10-11,13,23H2,1-2H3;2*1H. The summed E-state index contributed by atoms with van der Waals surface area (Å²) in [6.07, 6.45) is 4.88. The van der Waals surface area contributed by atoms with Crippen LogP contribution in [0, 0.1) is 0 Å². The first-order valence-electron chi connectivity index (χ1n) is 10.0. The van der Waals surface area contributed by atoms with Crippen LogP contribution in [-0.2, 0) is 0 Å². The summed E-state index contributed by atoms with van der Waals surface area (Å²) in [5.41, 5.74) is 9.16. The Morgan fingerprint density at radius 2 is 1.93 bits per heavy atom. The molecule has 1 saturated heterocycles. The fraction of sp³-hybridized carbons (Fsp3) is 0.409. The van der Waals surface area contributed by atoms with Gasteiger partial charge in [-0.15, -0.1) is 24.8 Å². The number of likely N-dealkylation sites (tertiary alicyclic amines) is 1. The third-order valence-electron chi connectivity index (χ3n) is 5.52. The molecule has 6 nitrogen and oxygen atoms in total. The smallest absolute Gasteiger partial charge is 0.255 e. The summed E-state index contributed by atoms with van der Waals surface area (Å²) in [6, 6.07) is 12.1. The van der Waals surface area contributed by atoms with Gasteiger partial charge in [-0.25, -0.2) is 9.67 Å². The Bertz CT molecular complexity index is 990. The van der Waals surface area contributed by atoms with E-state index >= 15 is 0 Å². The Kier molecular flexibility index (Phi) is 8.24. The quantitative estimate of drug-likeness (QED) is 0.636. The second-order valence-electron chi connectivity index (χ2n) is 7.73. The van der Waals surface area contributed by atoms with Crippen molar-refractivity contribution in [2.45, 2.75) is 45.2 Å². The minimum Gasteiger partial charge on any atom is -0.334 e. The van der Waals surface area contributed by atoms with Crippen molar-refractivity contribution in [3.05, 3.63) is 48.2 Å². The largest absolute Gasteiger partial charge is 0.334 e. The molecule has 0 radical (unpaired) electrons. The molecule has 0 spiro atoms. The first-order valence-corrected chi connectivity index (χ1v) is 10.0. The van der Waals surface area contributed by atoms with E-state index in [4.69, 9.17) is 10.7 Å². The van der Waals surface area contributed by atoms with E-state index in [9.17, 15) is 4.79 Å². The summed E-state index contributed by atoms with van der Waals surface area (Å²) < 4.78 is 1.88. The molecule has 0 bridgehead atoms. The molecule has 1 amide bonds. The molecule has 2 N–H and O–H groups in total. The molecule has 1 unspecified atom stereocenters. The van der Waals surface area contributed by atoms with Gasteiger partial charge in [-0.05, 0) is 39.2 Å². The van der Waals surface area contributed by atoms with Gasteiger partial charge in [0.2, 0.25) is 0 Å². The fourth-order valence-electron chi connectivity index (χ4n) is 4.00. The molecule has 30 heavy (non-hydrogen) atoms. The Morgan fingerprint density at radius 3 is 2.60 bits per heavy atom. The fourth-order valence-corrected chi connectivity index (χ4v) is 4.00. The summed E-state index contributed by atoms with van der Waals surface area (Å²) >= 11 is 0. The number of nitrogens with two attached hydrogens (primary N) is 1. The van der Waals surface area contributed by atoms with Crippen LogP contribution in [0.1, 0.15) is 49.5 Å². The van der Waals surface area contributed by atoms with Crippen LogP contribution in [0.4, 0.5) is 0 Å². The second kappa shape index (κ2) is 10.2. The van der Waals surface area contributed by atoms with Crippen LogP contribution in [0.2, 0.25) is 0 Å². The number of rotatable bonds is 4. The molecule has 4 rings (SSSR count). The zero-order valence-electron chi connectivity index (χ0n) is 17.3. The van der Waals surface area contributed by atoms with Crippen molar-refractivity contribution in [1.82, 2.24) is 19.7 Å². The van der Waals surface area contributed by atoms with Gasteiger partial charge in [0.15, 0.2) is 5.65 Å². The third kappa shape index (κ3) is 4.46. The zero-order chi connectivity index (χ0) is 19.7. The molecule has 0 aliphatic carbocycles. The van der Waals surface area contributed by atoms with Crippen molar-refractivity contribution in [1.29, 1.82) is 0 Å². The molecule has 1 atom stereocenters. The molecular formula is C22H29Cl2N5O. The number of carbonyl (C=O) groups is 1. The van der Waals surface area contributed by atoms with Crippen LogP contribution in [0.25, 0.3) is 22.3 Å². The highest BCUT2D eigenvalue weighted by atomic mass is 35.5. The zero-order valence-corrected chi connectivity index (χ0v) is 19.0. The number of hydrogen-bond donors (Lipinski definition) is 1. The first kappa shape index (κ1) is 24.1. The van der Waals surface area contributed by atoms with Crippen molar-refractivity contribution in [2.75, 3.05) is 13.1 Å². The molecule has 162 valence electrons. The maximum atomic E-state index is 13.6. The molecule has 1 aliphatic heterocycles. The molecule has 1 aliphatic rings. The molecule has 3 heterocycles. The van der Waals surface area contributed by atoms with Crippen LogP contribution in [0.3, 0.4) is 0 Å². The number of piperidine rings is 1. The molecule has 3 aromatic rings. The summed E-state index contributed by atoms with van der Waals surface area (Å²) in [7, 11) is 0. The van der Waals surface area contributed by atoms with Gasteiger partial charge in [-0.3, -0.25) is 4.79 Å². The van der Waals surface area contributed by atoms with Crippen LogP contribution < -0.4 is 5.73 Å². The van der Waals surface area contributed by atoms with Crippen LogP contribution in [-0.4, -0.2) is 44.7 Å². The highest BCUT2D eigenvalue weighted by Crippen LogP contribution is 2.29. The lowest BCUT2D eigenvalue weighted by atomic mass is 9.99. The summed E-state index contributed by atoms with van der Waals surface area (Å²) in [4.78, 5) is 20.4. The average molecular weight is 450 g/mol. The number of fused-ring (bicyclic) bond motifs is 1. The highest BCUT2D eigenvalue weighted by Gasteiger charge is 2.29. The Balaban J connectivity index is 0.00000160. The van der Waals surface area contributed by atoms with E-state index in [-0.39, 0.29) is 42.8 Å². The van der Waals surface area contributed by atoms with Gasteiger partial charge in [0.05, 0.1) is 22.8 Å². The summed E-state index contributed by atoms with van der Waals surface area (Å²) in [6.45, 7) is 5.39. The average Bonchev–Trinajstić information content (AvgIpc) is 3.17. The molecule has 0 saturated carbocycles. The predicted molar refractivity (Wildman–Crippen MR) is 126 cm³/mol. The number of benzene rings is 1. The van der Waals surface area contributed by atoms with E-state index in [1.807, 2.05) is 46.0 Å². The number of hydrogen-bond acceptors (Lipinski definition) is 4. The van der Waals surface area contributed by atoms with E-state index in [2.05, 4.69) is 18.9 Å². The van der Waals surface area contributed by atoms with Gasteiger partial charge >= 0.3 is 0 Å². The number of aromatic nitrogens is 3. The SMILES string of the molecule is CC(C)n1ncc2c(C(=O)N3CCCCC3CN)cc(-c3ccccc3)nc21.Cl.Cl. The lowest BCUT2D eigenvalue weighted by Crippen LogP contribution is -2.47. The van der Waals surface area contributed by atoms with Gasteiger partial charge in [0, 0.05) is 30.7 Å². The molecule has 1 fully saturated rings. The maximum absolute atomic E-state index is 13.6. The van der Waals surface area contributed by atoms with Crippen LogP contribution >= 0.6 is 24.8 Å². The Labute approximate surface area is 189 Å². The lowest BCUT2D eigenvalue weighted by molar-refractivity contribution is 0.0625. The van der Waals surface area contributed by atoms with E-state index in [1.165, 1.54) is 0 Å². The second-order valence-corrected chi connectivity index (χ2v) is 7.73. The number of nitrogens with zero attached hydrogens (tertiary/aromatic N) is 4. The minimum atomic E-state index is 0. The van der Waals surface area contributed by atoms with Crippen molar-refractivity contribution >= 4 is 41.8 Å². The monoisotopic (exact) mass is 449 g/mol. The van der Waals surface area contributed by atoms with Crippen LogP contribution in [0.5, 0.6) is 0 Å². The molecule has 2 aromatic heterocycles. The van der Waals surface area contributed by atoms with E-state index in [0.29, 0.717) is 12.1 Å². The first-order chi connectivity index (χ1) is 13.6. The lowest BCUT2D eigenvalue weighted by Gasteiger charge is -2.35. The van der Waals surface area contributed by atoms with Crippen LogP contribution in [0.15, 0.2) is 42.6 Å². The number of pyridine rings is 1. The highest BCUT2D eigenvalue weighted by molar-refractivity contribution is 6.06. The number of carbonyl (C=O) groups excluding carboxylic acids is 1. The topological polar surface area (TPSA) is 77.0 Å². The Morgan fingerprint density at radius 1 is 1.20 bits per heavy atom. The van der Waals surface area contributed by atoms with Gasteiger partial charge < -0.3 is 10.6 Å². The van der Waals surface area contributed by atoms with Gasteiger partial charge in [0.25, 0.3) is 5.91 Å². The third-order valence-corrected chi connectivity index (χ3v) is 5.52. The maximum Gasteiger partial charge on any atom is 0.255 e. The molecule has 8 heteroatoms. The normalized spacial score (nSPS) is 16.3. The van der Waals surface area contributed by atoms with Crippen molar-refractivity contribution in [3.8, 4) is 11.3 Å². The summed E-state index contributed by atoms with van der Waals surface area (Å²) in [5.74, 6) is 0.0306. The van der Waals surface area contributed by atoms with E-state index in [1.54, 1.807) is 6.20 Å². The Hall–Kier alpha value is -2.15. The van der Waals surface area contributed by atoms with E-state index < -0.39 is 0 Å². The van der Waals surface area contributed by atoms with Gasteiger partial charge in [-0.2, -0.15) is 5.10 Å². The molecular weight excluding hydrogens is 421 g/mol. The summed E-state index contributed by atoms with van der Waals surface area (Å²) in [5, 5.41) is 5.32. The van der Waals surface area contributed by atoms with Crippen molar-refractivity contribution in [2.24, 2.45) is 5.73 Å². The van der Waals surface area contributed by atoms with Gasteiger partial charge in [0.1, 0.15) is 0 Å². The minimum absolute atomic E-state index is 0. The van der Waals surface area contributed by atoms with Crippen molar-refractivity contribution in [3.63, 3.8) is 0 Å².